The van der Waals surface area contributed by atoms with Gasteiger partial charge in [0.25, 0.3) is 0 Å². The van der Waals surface area contributed by atoms with Crippen LogP contribution in [0.3, 0.4) is 0 Å². The van der Waals surface area contributed by atoms with Crippen molar-refractivity contribution in [3.05, 3.63) is 18.0 Å². The molecule has 0 aliphatic carbocycles. The maximum atomic E-state index is 5.52. The highest BCUT2D eigenvalue weighted by Crippen LogP contribution is 2.18. The lowest BCUT2D eigenvalue weighted by molar-refractivity contribution is 0.474. The Morgan fingerprint density at radius 1 is 1.50 bits per heavy atom. The van der Waals surface area contributed by atoms with E-state index < -0.39 is 0 Å². The molecule has 0 radical (unpaired) electrons. The molecule has 0 aromatic carbocycles. The number of nitrogens with two attached hydrogens (primary N) is 1. The smallest absolute Gasteiger partial charge is 0.223 e. The van der Waals surface area contributed by atoms with Crippen molar-refractivity contribution in [2.45, 2.75) is 39.2 Å². The fourth-order valence-electron chi connectivity index (χ4n) is 1.25. The first-order valence-electron chi connectivity index (χ1n) is 5.42. The standard InChI is InChI=1S/C11H18N4S/c1-4-11(3,5-2)15-10-13-7-6-8(14-10)9(12)16/h6-7H,4-5H2,1-3H3,(H2,12,16)(H,13,14,15). The minimum Gasteiger partial charge on any atom is -0.388 e. The van der Waals surface area contributed by atoms with Crippen LogP contribution < -0.4 is 11.1 Å². The molecule has 0 unspecified atom stereocenters. The lowest BCUT2D eigenvalue weighted by atomic mass is 9.96. The van der Waals surface area contributed by atoms with Crippen molar-refractivity contribution in [3.8, 4) is 0 Å². The molecule has 5 heteroatoms. The van der Waals surface area contributed by atoms with E-state index >= 15 is 0 Å². The van der Waals surface area contributed by atoms with E-state index in [0.717, 1.165) is 12.8 Å². The summed E-state index contributed by atoms with van der Waals surface area (Å²) in [7, 11) is 0. The van der Waals surface area contributed by atoms with E-state index in [4.69, 9.17) is 18.0 Å². The first kappa shape index (κ1) is 12.8. The van der Waals surface area contributed by atoms with E-state index in [9.17, 15) is 0 Å². The second-order valence-corrected chi connectivity index (χ2v) is 4.46. The van der Waals surface area contributed by atoms with Crippen LogP contribution in [0.15, 0.2) is 12.3 Å². The minimum absolute atomic E-state index is 0.00877. The van der Waals surface area contributed by atoms with Gasteiger partial charge in [0.05, 0.1) is 0 Å². The number of hydrogen-bond acceptors (Lipinski definition) is 4. The van der Waals surface area contributed by atoms with Gasteiger partial charge in [-0.1, -0.05) is 26.1 Å². The lowest BCUT2D eigenvalue weighted by Crippen LogP contribution is -2.34. The predicted octanol–water partition coefficient (Wildman–Crippen LogP) is 2.10. The quantitative estimate of drug-likeness (QED) is 0.769. The van der Waals surface area contributed by atoms with Crippen molar-refractivity contribution in [3.63, 3.8) is 0 Å². The molecule has 0 amide bonds. The van der Waals surface area contributed by atoms with E-state index in [1.54, 1.807) is 12.3 Å². The maximum Gasteiger partial charge on any atom is 0.223 e. The Bertz CT molecular complexity index is 374. The Kier molecular flexibility index (Phi) is 4.18. The fourth-order valence-corrected chi connectivity index (χ4v) is 1.37. The van der Waals surface area contributed by atoms with Crippen LogP contribution >= 0.6 is 12.2 Å². The van der Waals surface area contributed by atoms with Crippen molar-refractivity contribution in [2.75, 3.05) is 5.32 Å². The highest BCUT2D eigenvalue weighted by Gasteiger charge is 2.20. The minimum atomic E-state index is 0.00877. The van der Waals surface area contributed by atoms with Crippen LogP contribution in [0.5, 0.6) is 0 Å². The average Bonchev–Trinajstić information content (AvgIpc) is 2.29. The third kappa shape index (κ3) is 3.13. The fraction of sp³-hybridized carbons (Fsp3) is 0.545. The SMILES string of the molecule is CCC(C)(CC)Nc1nccc(C(N)=S)n1. The summed E-state index contributed by atoms with van der Waals surface area (Å²) in [6.07, 6.45) is 3.67. The first-order valence-corrected chi connectivity index (χ1v) is 5.82. The average molecular weight is 238 g/mol. The maximum absolute atomic E-state index is 5.52. The van der Waals surface area contributed by atoms with E-state index in [2.05, 4.69) is 36.1 Å². The molecule has 1 heterocycles. The summed E-state index contributed by atoms with van der Waals surface area (Å²) in [6, 6.07) is 1.71. The Morgan fingerprint density at radius 3 is 2.62 bits per heavy atom. The van der Waals surface area contributed by atoms with Crippen LogP contribution in [0, 0.1) is 0 Å². The van der Waals surface area contributed by atoms with Crippen molar-refractivity contribution in [1.29, 1.82) is 0 Å². The molecule has 0 atom stereocenters. The van der Waals surface area contributed by atoms with E-state index in [1.807, 2.05) is 0 Å². The summed E-state index contributed by atoms with van der Waals surface area (Å²) in [5, 5.41) is 3.31. The van der Waals surface area contributed by atoms with Gasteiger partial charge in [-0.15, -0.1) is 0 Å². The van der Waals surface area contributed by atoms with Gasteiger partial charge in [0, 0.05) is 11.7 Å². The Labute approximate surface area is 102 Å². The third-order valence-corrected chi connectivity index (χ3v) is 3.09. The highest BCUT2D eigenvalue weighted by atomic mass is 32.1. The summed E-state index contributed by atoms with van der Waals surface area (Å²) >= 11 is 4.88. The van der Waals surface area contributed by atoms with Gasteiger partial charge < -0.3 is 11.1 Å². The number of thiocarbonyl (C=S) groups is 1. The van der Waals surface area contributed by atoms with Crippen molar-refractivity contribution in [2.24, 2.45) is 5.73 Å². The van der Waals surface area contributed by atoms with Crippen LogP contribution in [0.4, 0.5) is 5.95 Å². The van der Waals surface area contributed by atoms with Gasteiger partial charge in [0.1, 0.15) is 10.7 Å². The van der Waals surface area contributed by atoms with Crippen LogP contribution in [-0.2, 0) is 0 Å². The molecule has 16 heavy (non-hydrogen) atoms. The van der Waals surface area contributed by atoms with E-state index in [0.29, 0.717) is 16.6 Å². The molecule has 1 aromatic rings. The zero-order valence-electron chi connectivity index (χ0n) is 9.95. The summed E-state index contributed by atoms with van der Waals surface area (Å²) in [5.74, 6) is 0.580. The largest absolute Gasteiger partial charge is 0.388 e. The Hall–Kier alpha value is -1.23. The molecular formula is C11H18N4S. The molecular weight excluding hydrogens is 220 g/mol. The Balaban J connectivity index is 2.89. The monoisotopic (exact) mass is 238 g/mol. The second kappa shape index (κ2) is 5.21. The molecule has 0 spiro atoms. The van der Waals surface area contributed by atoms with Gasteiger partial charge in [-0.05, 0) is 25.8 Å². The number of nitrogens with zero attached hydrogens (tertiary/aromatic N) is 2. The number of nitrogens with one attached hydrogen (secondary N) is 1. The Morgan fingerprint density at radius 2 is 2.12 bits per heavy atom. The van der Waals surface area contributed by atoms with Crippen molar-refractivity contribution in [1.82, 2.24) is 9.97 Å². The van der Waals surface area contributed by atoms with E-state index in [-0.39, 0.29) is 5.54 Å². The third-order valence-electron chi connectivity index (χ3n) is 2.88. The van der Waals surface area contributed by atoms with Gasteiger partial charge in [-0.2, -0.15) is 0 Å². The topological polar surface area (TPSA) is 63.8 Å². The zero-order chi connectivity index (χ0) is 12.2. The number of rotatable bonds is 5. The predicted molar refractivity (Wildman–Crippen MR) is 70.5 cm³/mol. The van der Waals surface area contributed by atoms with E-state index in [1.165, 1.54) is 0 Å². The highest BCUT2D eigenvalue weighted by molar-refractivity contribution is 7.80. The molecule has 0 saturated heterocycles. The molecule has 1 aromatic heterocycles. The second-order valence-electron chi connectivity index (χ2n) is 4.02. The van der Waals surface area contributed by atoms with Gasteiger partial charge in [-0.3, -0.25) is 0 Å². The lowest BCUT2D eigenvalue weighted by Gasteiger charge is -2.28. The van der Waals surface area contributed by atoms with Crippen LogP contribution in [0.2, 0.25) is 0 Å². The van der Waals surface area contributed by atoms with Crippen molar-refractivity contribution < 1.29 is 0 Å². The molecule has 0 fully saturated rings. The summed E-state index contributed by atoms with van der Waals surface area (Å²) in [6.45, 7) is 6.41. The summed E-state index contributed by atoms with van der Waals surface area (Å²) in [4.78, 5) is 8.72. The molecule has 0 bridgehead atoms. The number of anilines is 1. The summed E-state index contributed by atoms with van der Waals surface area (Å²) in [5.41, 5.74) is 6.13. The van der Waals surface area contributed by atoms with Crippen LogP contribution in [0.25, 0.3) is 0 Å². The first-order chi connectivity index (χ1) is 7.50. The molecule has 88 valence electrons. The number of hydrogen-bond donors (Lipinski definition) is 2. The van der Waals surface area contributed by atoms with Gasteiger partial charge in [0.15, 0.2) is 0 Å². The molecule has 0 aliphatic rings. The molecule has 0 saturated carbocycles. The van der Waals surface area contributed by atoms with Crippen LogP contribution in [0.1, 0.15) is 39.3 Å². The summed E-state index contributed by atoms with van der Waals surface area (Å²) < 4.78 is 0. The van der Waals surface area contributed by atoms with Gasteiger partial charge in [-0.25, -0.2) is 9.97 Å². The molecule has 3 N–H and O–H groups in total. The molecule has 0 aliphatic heterocycles. The molecule has 1 rings (SSSR count). The van der Waals surface area contributed by atoms with Gasteiger partial charge in [0.2, 0.25) is 5.95 Å². The van der Waals surface area contributed by atoms with Crippen LogP contribution in [-0.4, -0.2) is 20.5 Å². The molecule has 4 nitrogen and oxygen atoms in total. The zero-order valence-corrected chi connectivity index (χ0v) is 10.8. The van der Waals surface area contributed by atoms with Gasteiger partial charge >= 0.3 is 0 Å². The normalized spacial score (nSPS) is 11.2. The van der Waals surface area contributed by atoms with Crippen molar-refractivity contribution >= 4 is 23.2 Å². The number of aromatic nitrogens is 2.